The molecule has 0 bridgehead atoms. The average molecular weight is 282 g/mol. The number of rotatable bonds is 4. The molecule has 0 aliphatic rings. The van der Waals surface area contributed by atoms with Crippen molar-refractivity contribution in [1.29, 1.82) is 0 Å². The first kappa shape index (κ1) is 13.3. The van der Waals surface area contributed by atoms with Crippen LogP contribution in [0.1, 0.15) is 18.7 Å². The smallest absolute Gasteiger partial charge is 0.141 e. The summed E-state index contributed by atoms with van der Waals surface area (Å²) in [6.07, 6.45) is 6.61. The molecule has 0 aliphatic carbocycles. The predicted molar refractivity (Wildman–Crippen MR) is 79.8 cm³/mol. The Morgan fingerprint density at radius 2 is 2.05 bits per heavy atom. The number of imidazole rings is 1. The van der Waals surface area contributed by atoms with E-state index >= 15 is 0 Å². The van der Waals surface area contributed by atoms with Crippen LogP contribution in [0.15, 0.2) is 61.3 Å². The van der Waals surface area contributed by atoms with Crippen molar-refractivity contribution in [3.05, 3.63) is 72.8 Å². The summed E-state index contributed by atoms with van der Waals surface area (Å²) >= 11 is 0. The van der Waals surface area contributed by atoms with Gasteiger partial charge in [-0.15, -0.1) is 0 Å². The molecule has 5 heteroatoms. The minimum Gasteiger partial charge on any atom is -0.375 e. The zero-order chi connectivity index (χ0) is 14.7. The monoisotopic (exact) mass is 282 g/mol. The molecule has 1 N–H and O–H groups in total. The van der Waals surface area contributed by atoms with Crippen LogP contribution in [0.25, 0.3) is 5.69 Å². The van der Waals surface area contributed by atoms with Crippen LogP contribution in [-0.4, -0.2) is 14.5 Å². The van der Waals surface area contributed by atoms with E-state index in [2.05, 4.69) is 15.3 Å². The molecule has 1 atom stereocenters. The fourth-order valence-corrected chi connectivity index (χ4v) is 2.17. The van der Waals surface area contributed by atoms with E-state index in [4.69, 9.17) is 0 Å². The number of hydrogen-bond acceptors (Lipinski definition) is 3. The molecule has 21 heavy (non-hydrogen) atoms. The quantitative estimate of drug-likeness (QED) is 0.795. The zero-order valence-electron chi connectivity index (χ0n) is 11.6. The molecule has 3 rings (SSSR count). The molecule has 106 valence electrons. The number of anilines is 1. The van der Waals surface area contributed by atoms with E-state index in [0.717, 1.165) is 17.1 Å². The Balaban J connectivity index is 1.86. The first-order valence-corrected chi connectivity index (χ1v) is 6.69. The number of benzene rings is 1. The van der Waals surface area contributed by atoms with Gasteiger partial charge in [-0.25, -0.2) is 9.37 Å². The molecule has 0 fully saturated rings. The highest BCUT2D eigenvalue weighted by Gasteiger charge is 2.10. The van der Waals surface area contributed by atoms with Crippen molar-refractivity contribution in [2.24, 2.45) is 0 Å². The highest BCUT2D eigenvalue weighted by atomic mass is 19.1. The van der Waals surface area contributed by atoms with Gasteiger partial charge in [0.05, 0.1) is 35.6 Å². The Morgan fingerprint density at radius 1 is 1.19 bits per heavy atom. The molecule has 2 aromatic heterocycles. The SMILES string of the molecule is CC(Nc1ccccc1-n1ccnc1)c1ccc(F)cn1. The Labute approximate surface area is 122 Å². The van der Waals surface area contributed by atoms with Gasteiger partial charge in [-0.3, -0.25) is 4.98 Å². The van der Waals surface area contributed by atoms with Gasteiger partial charge in [-0.05, 0) is 31.2 Å². The van der Waals surface area contributed by atoms with Gasteiger partial charge in [0.15, 0.2) is 0 Å². The molecule has 0 saturated heterocycles. The Morgan fingerprint density at radius 3 is 2.76 bits per heavy atom. The van der Waals surface area contributed by atoms with Crippen LogP contribution in [0.2, 0.25) is 0 Å². The number of hydrogen-bond donors (Lipinski definition) is 1. The van der Waals surface area contributed by atoms with Crippen molar-refractivity contribution in [3.8, 4) is 5.69 Å². The highest BCUT2D eigenvalue weighted by molar-refractivity contribution is 5.61. The molecule has 0 saturated carbocycles. The number of aromatic nitrogens is 3. The molecule has 1 unspecified atom stereocenters. The second kappa shape index (κ2) is 5.75. The van der Waals surface area contributed by atoms with Gasteiger partial charge in [0, 0.05) is 12.4 Å². The van der Waals surface area contributed by atoms with E-state index in [0.29, 0.717) is 0 Å². The Bertz CT molecular complexity index is 707. The second-order valence-electron chi connectivity index (χ2n) is 4.75. The molecule has 0 radical (unpaired) electrons. The second-order valence-corrected chi connectivity index (χ2v) is 4.75. The molecule has 0 aliphatic heterocycles. The van der Waals surface area contributed by atoms with E-state index < -0.39 is 0 Å². The molecule has 0 amide bonds. The number of pyridine rings is 1. The number of para-hydroxylation sites is 2. The predicted octanol–water partition coefficient (Wildman–Crippen LogP) is 3.58. The maximum atomic E-state index is 12.9. The maximum absolute atomic E-state index is 12.9. The largest absolute Gasteiger partial charge is 0.375 e. The Hall–Kier alpha value is -2.69. The van der Waals surface area contributed by atoms with Crippen molar-refractivity contribution in [1.82, 2.24) is 14.5 Å². The van der Waals surface area contributed by atoms with Gasteiger partial charge < -0.3 is 9.88 Å². The summed E-state index contributed by atoms with van der Waals surface area (Å²) in [4.78, 5) is 8.18. The van der Waals surface area contributed by atoms with Crippen molar-refractivity contribution < 1.29 is 4.39 Å². The van der Waals surface area contributed by atoms with Crippen molar-refractivity contribution >= 4 is 5.69 Å². The highest BCUT2D eigenvalue weighted by Crippen LogP contribution is 2.24. The van der Waals surface area contributed by atoms with Gasteiger partial charge in [-0.1, -0.05) is 12.1 Å². The average Bonchev–Trinajstić information content (AvgIpc) is 3.02. The zero-order valence-corrected chi connectivity index (χ0v) is 11.6. The number of nitrogens with one attached hydrogen (secondary N) is 1. The topological polar surface area (TPSA) is 42.7 Å². The minimum absolute atomic E-state index is 0.0322. The summed E-state index contributed by atoms with van der Waals surface area (Å²) in [6, 6.07) is 11.0. The van der Waals surface area contributed by atoms with Crippen LogP contribution in [0.4, 0.5) is 10.1 Å². The van der Waals surface area contributed by atoms with Gasteiger partial charge in [0.25, 0.3) is 0 Å². The minimum atomic E-state index is -0.329. The lowest BCUT2D eigenvalue weighted by atomic mass is 10.2. The van der Waals surface area contributed by atoms with E-state index in [1.165, 1.54) is 12.3 Å². The summed E-state index contributed by atoms with van der Waals surface area (Å²) in [6.45, 7) is 1.99. The van der Waals surface area contributed by atoms with Gasteiger partial charge in [0.2, 0.25) is 0 Å². The molecular weight excluding hydrogens is 267 g/mol. The van der Waals surface area contributed by atoms with Crippen LogP contribution < -0.4 is 5.32 Å². The molecule has 1 aromatic carbocycles. The van der Waals surface area contributed by atoms with Crippen LogP contribution >= 0.6 is 0 Å². The Kier molecular flexibility index (Phi) is 3.64. The normalized spacial score (nSPS) is 12.1. The summed E-state index contributed by atoms with van der Waals surface area (Å²) in [7, 11) is 0. The van der Waals surface area contributed by atoms with E-state index in [1.54, 1.807) is 18.6 Å². The van der Waals surface area contributed by atoms with Crippen molar-refractivity contribution in [2.75, 3.05) is 5.32 Å². The summed E-state index contributed by atoms with van der Waals surface area (Å²) in [5.74, 6) is -0.329. The first-order valence-electron chi connectivity index (χ1n) is 6.69. The van der Waals surface area contributed by atoms with Crippen molar-refractivity contribution in [2.45, 2.75) is 13.0 Å². The van der Waals surface area contributed by atoms with Crippen LogP contribution in [-0.2, 0) is 0 Å². The summed E-state index contributed by atoms with van der Waals surface area (Å²) in [5.41, 5.74) is 2.76. The van der Waals surface area contributed by atoms with E-state index in [-0.39, 0.29) is 11.9 Å². The fourth-order valence-electron chi connectivity index (χ4n) is 2.17. The van der Waals surface area contributed by atoms with Crippen LogP contribution in [0, 0.1) is 5.82 Å². The van der Waals surface area contributed by atoms with Crippen molar-refractivity contribution in [3.63, 3.8) is 0 Å². The fraction of sp³-hybridized carbons (Fsp3) is 0.125. The van der Waals surface area contributed by atoms with Gasteiger partial charge in [0.1, 0.15) is 5.82 Å². The summed E-state index contributed by atoms with van der Waals surface area (Å²) in [5, 5.41) is 3.40. The van der Waals surface area contributed by atoms with Gasteiger partial charge in [-0.2, -0.15) is 0 Å². The molecule has 3 aromatic rings. The van der Waals surface area contributed by atoms with Gasteiger partial charge >= 0.3 is 0 Å². The molecule has 2 heterocycles. The third-order valence-corrected chi connectivity index (χ3v) is 3.25. The van der Waals surface area contributed by atoms with Crippen LogP contribution in [0.5, 0.6) is 0 Å². The van der Waals surface area contributed by atoms with E-state index in [1.807, 2.05) is 42.0 Å². The standard InChI is InChI=1S/C16H15FN4/c1-12(14-7-6-13(17)10-19-14)20-15-4-2-3-5-16(15)21-9-8-18-11-21/h2-12,20H,1H3. The first-order chi connectivity index (χ1) is 10.2. The molecule has 0 spiro atoms. The lowest BCUT2D eigenvalue weighted by Crippen LogP contribution is -2.10. The molecule has 4 nitrogen and oxygen atoms in total. The van der Waals surface area contributed by atoms with Crippen LogP contribution in [0.3, 0.4) is 0 Å². The maximum Gasteiger partial charge on any atom is 0.141 e. The third kappa shape index (κ3) is 2.91. The van der Waals surface area contributed by atoms with E-state index in [9.17, 15) is 4.39 Å². The third-order valence-electron chi connectivity index (χ3n) is 3.25. The summed E-state index contributed by atoms with van der Waals surface area (Å²) < 4.78 is 14.9. The molecular formula is C16H15FN4. The number of halogens is 1. The lowest BCUT2D eigenvalue weighted by Gasteiger charge is -2.18. The number of nitrogens with zero attached hydrogens (tertiary/aromatic N) is 3. The lowest BCUT2D eigenvalue weighted by molar-refractivity contribution is 0.617.